The predicted molar refractivity (Wildman–Crippen MR) is 115 cm³/mol. The van der Waals surface area contributed by atoms with E-state index in [1.807, 2.05) is 23.1 Å². The van der Waals surface area contributed by atoms with Gasteiger partial charge in [0.2, 0.25) is 5.91 Å². The van der Waals surface area contributed by atoms with Gasteiger partial charge < -0.3 is 24.2 Å². The summed E-state index contributed by atoms with van der Waals surface area (Å²) in [5.74, 6) is -0.738. The highest BCUT2D eigenvalue weighted by Crippen LogP contribution is 2.33. The second-order valence-corrected chi connectivity index (χ2v) is 8.24. The molecule has 1 heterocycles. The van der Waals surface area contributed by atoms with Gasteiger partial charge in [-0.1, -0.05) is 18.9 Å². The van der Waals surface area contributed by atoms with Crippen LogP contribution >= 0.6 is 0 Å². The number of aliphatic carboxylic acids is 1. The van der Waals surface area contributed by atoms with Crippen LogP contribution in [0.15, 0.2) is 18.2 Å². The summed E-state index contributed by atoms with van der Waals surface area (Å²) in [5.41, 5.74) is 0.927. The zero-order chi connectivity index (χ0) is 22.2. The van der Waals surface area contributed by atoms with Crippen LogP contribution in [0.1, 0.15) is 31.2 Å². The summed E-state index contributed by atoms with van der Waals surface area (Å²) in [7, 11) is 3.17. The first-order valence-electron chi connectivity index (χ1n) is 11.1. The first-order valence-corrected chi connectivity index (χ1v) is 11.1. The first kappa shape index (κ1) is 23.3. The number of amides is 1. The lowest BCUT2D eigenvalue weighted by atomic mass is 9.78. The number of morpholine rings is 1. The van der Waals surface area contributed by atoms with Crippen LogP contribution in [0.4, 0.5) is 0 Å². The van der Waals surface area contributed by atoms with Crippen molar-refractivity contribution >= 4 is 11.9 Å². The Labute approximate surface area is 184 Å². The molecule has 1 saturated carbocycles. The van der Waals surface area contributed by atoms with E-state index in [9.17, 15) is 14.7 Å². The fraction of sp³-hybridized carbons (Fsp3) is 0.652. The zero-order valence-corrected chi connectivity index (χ0v) is 18.5. The molecular weight excluding hydrogens is 400 g/mol. The Bertz CT molecular complexity index is 750. The highest BCUT2D eigenvalue weighted by atomic mass is 16.5. The third-order valence-corrected chi connectivity index (χ3v) is 6.32. The van der Waals surface area contributed by atoms with Gasteiger partial charge in [-0.3, -0.25) is 14.5 Å². The Balaban J connectivity index is 1.78. The largest absolute Gasteiger partial charge is 0.493 e. The quantitative estimate of drug-likeness (QED) is 0.638. The van der Waals surface area contributed by atoms with Crippen LogP contribution in [0.25, 0.3) is 0 Å². The molecule has 1 aliphatic carbocycles. The van der Waals surface area contributed by atoms with Gasteiger partial charge in [-0.25, -0.2) is 0 Å². The molecular formula is C23H34N2O6. The number of hydrogen-bond acceptors (Lipinski definition) is 6. The van der Waals surface area contributed by atoms with Crippen molar-refractivity contribution in [1.29, 1.82) is 0 Å². The number of ether oxygens (including phenoxy) is 3. The summed E-state index contributed by atoms with van der Waals surface area (Å²) in [6, 6.07) is 5.63. The van der Waals surface area contributed by atoms with Crippen molar-refractivity contribution in [3.63, 3.8) is 0 Å². The maximum absolute atomic E-state index is 13.5. The zero-order valence-electron chi connectivity index (χ0n) is 18.5. The van der Waals surface area contributed by atoms with Gasteiger partial charge in [0.1, 0.15) is 0 Å². The minimum Gasteiger partial charge on any atom is -0.493 e. The van der Waals surface area contributed by atoms with Crippen LogP contribution in [0, 0.1) is 11.8 Å². The van der Waals surface area contributed by atoms with E-state index >= 15 is 0 Å². The lowest BCUT2D eigenvalue weighted by Crippen LogP contribution is -2.46. The second kappa shape index (κ2) is 11.3. The molecule has 2 aliphatic rings. The van der Waals surface area contributed by atoms with E-state index in [2.05, 4.69) is 4.90 Å². The number of rotatable bonds is 9. The van der Waals surface area contributed by atoms with Crippen LogP contribution in [0.2, 0.25) is 0 Å². The molecule has 8 heteroatoms. The number of carbonyl (C=O) groups excluding carboxylic acids is 1. The van der Waals surface area contributed by atoms with Gasteiger partial charge in [-0.2, -0.15) is 0 Å². The average Bonchev–Trinajstić information content (AvgIpc) is 2.81. The fourth-order valence-corrected chi connectivity index (χ4v) is 4.51. The molecule has 2 atom stereocenters. The highest BCUT2D eigenvalue weighted by Gasteiger charge is 2.38. The molecule has 1 amide bonds. The molecule has 2 fully saturated rings. The first-order chi connectivity index (χ1) is 15.0. The summed E-state index contributed by atoms with van der Waals surface area (Å²) >= 11 is 0. The average molecular weight is 435 g/mol. The summed E-state index contributed by atoms with van der Waals surface area (Å²) < 4.78 is 16.1. The molecule has 1 saturated heterocycles. The molecule has 8 nitrogen and oxygen atoms in total. The maximum atomic E-state index is 13.5. The monoisotopic (exact) mass is 434 g/mol. The third kappa shape index (κ3) is 6.11. The normalized spacial score (nSPS) is 22.0. The van der Waals surface area contributed by atoms with E-state index in [0.717, 1.165) is 38.0 Å². The Morgan fingerprint density at radius 1 is 1.10 bits per heavy atom. The van der Waals surface area contributed by atoms with Crippen LogP contribution in [-0.4, -0.2) is 80.4 Å². The van der Waals surface area contributed by atoms with Crippen molar-refractivity contribution in [1.82, 2.24) is 9.80 Å². The van der Waals surface area contributed by atoms with Crippen molar-refractivity contribution in [2.75, 3.05) is 53.6 Å². The molecule has 1 aliphatic heterocycles. The Hall–Kier alpha value is -2.32. The Morgan fingerprint density at radius 2 is 1.77 bits per heavy atom. The molecule has 0 aromatic heterocycles. The van der Waals surface area contributed by atoms with Crippen molar-refractivity contribution in [3.8, 4) is 11.5 Å². The van der Waals surface area contributed by atoms with Gasteiger partial charge in [0.05, 0.1) is 39.3 Å². The molecule has 1 aromatic rings. The van der Waals surface area contributed by atoms with Gasteiger partial charge in [-0.15, -0.1) is 0 Å². The number of benzene rings is 1. The number of methoxy groups -OCH3 is 2. The van der Waals surface area contributed by atoms with E-state index in [0.29, 0.717) is 50.6 Å². The Kier molecular flexibility index (Phi) is 8.54. The third-order valence-electron chi connectivity index (χ3n) is 6.32. The molecule has 0 radical (unpaired) electrons. The predicted octanol–water partition coefficient (Wildman–Crippen LogP) is 2.26. The van der Waals surface area contributed by atoms with Gasteiger partial charge in [0.15, 0.2) is 11.5 Å². The second-order valence-electron chi connectivity index (χ2n) is 8.24. The van der Waals surface area contributed by atoms with Crippen LogP contribution in [0.3, 0.4) is 0 Å². The van der Waals surface area contributed by atoms with E-state index < -0.39 is 17.8 Å². The summed E-state index contributed by atoms with van der Waals surface area (Å²) in [6.45, 7) is 4.80. The molecule has 172 valence electrons. The van der Waals surface area contributed by atoms with E-state index in [-0.39, 0.29) is 5.91 Å². The molecule has 3 rings (SSSR count). The Morgan fingerprint density at radius 3 is 2.42 bits per heavy atom. The minimum absolute atomic E-state index is 0.0601. The van der Waals surface area contributed by atoms with Crippen LogP contribution < -0.4 is 9.47 Å². The minimum atomic E-state index is -0.864. The van der Waals surface area contributed by atoms with Crippen molar-refractivity contribution in [3.05, 3.63) is 23.8 Å². The standard InChI is InChI=1S/C23H34N2O6/c1-29-20-8-7-17(15-21(20)30-2)16-25(10-9-24-11-13-31-14-12-24)22(26)18-5-3-4-6-19(18)23(27)28/h7-8,15,18-19H,3-6,9-14,16H2,1-2H3,(H,27,28). The lowest BCUT2D eigenvalue weighted by molar-refractivity contribution is -0.152. The van der Waals surface area contributed by atoms with Crippen LogP contribution in [0.5, 0.6) is 11.5 Å². The van der Waals surface area contributed by atoms with Crippen molar-refractivity contribution in [2.24, 2.45) is 11.8 Å². The van der Waals surface area contributed by atoms with Crippen molar-refractivity contribution in [2.45, 2.75) is 32.2 Å². The van der Waals surface area contributed by atoms with Gasteiger partial charge in [0.25, 0.3) is 0 Å². The fourth-order valence-electron chi connectivity index (χ4n) is 4.51. The van der Waals surface area contributed by atoms with E-state index in [4.69, 9.17) is 14.2 Å². The maximum Gasteiger partial charge on any atom is 0.307 e. The van der Waals surface area contributed by atoms with Gasteiger partial charge >= 0.3 is 5.97 Å². The van der Waals surface area contributed by atoms with Gasteiger partial charge in [-0.05, 0) is 30.5 Å². The number of nitrogens with zero attached hydrogens (tertiary/aromatic N) is 2. The molecule has 0 bridgehead atoms. The number of carboxylic acid groups (broad SMARTS) is 1. The SMILES string of the molecule is COc1ccc(CN(CCN2CCOCC2)C(=O)C2CCCCC2C(=O)O)cc1OC. The smallest absolute Gasteiger partial charge is 0.307 e. The number of carbonyl (C=O) groups is 2. The summed E-state index contributed by atoms with van der Waals surface area (Å²) in [5, 5.41) is 9.67. The highest BCUT2D eigenvalue weighted by molar-refractivity contribution is 5.85. The van der Waals surface area contributed by atoms with E-state index in [1.165, 1.54) is 0 Å². The number of hydrogen-bond donors (Lipinski definition) is 1. The number of carboxylic acids is 1. The lowest BCUT2D eigenvalue weighted by Gasteiger charge is -2.35. The van der Waals surface area contributed by atoms with Crippen molar-refractivity contribution < 1.29 is 28.9 Å². The summed E-state index contributed by atoms with van der Waals surface area (Å²) in [6.07, 6.45) is 2.97. The molecule has 1 N–H and O–H groups in total. The molecule has 0 spiro atoms. The molecule has 1 aromatic carbocycles. The van der Waals surface area contributed by atoms with Crippen LogP contribution in [-0.2, 0) is 20.9 Å². The summed E-state index contributed by atoms with van der Waals surface area (Å²) in [4.78, 5) is 29.4. The topological polar surface area (TPSA) is 88.5 Å². The van der Waals surface area contributed by atoms with E-state index in [1.54, 1.807) is 14.2 Å². The molecule has 31 heavy (non-hydrogen) atoms. The molecule has 2 unspecified atom stereocenters. The van der Waals surface area contributed by atoms with Gasteiger partial charge in [0, 0.05) is 32.7 Å².